The van der Waals surface area contributed by atoms with Gasteiger partial charge in [-0.25, -0.2) is 0 Å². The predicted octanol–water partition coefficient (Wildman–Crippen LogP) is 3.63. The largest absolute Gasteiger partial charge is 0.353 e. The van der Waals surface area contributed by atoms with Crippen molar-refractivity contribution in [3.05, 3.63) is 42.1 Å². The minimum absolute atomic E-state index is 0.136. The Morgan fingerprint density at radius 1 is 1.20 bits per heavy atom. The molecule has 0 aliphatic carbocycles. The number of aromatic nitrogens is 3. The molecule has 0 radical (unpaired) electrons. The fraction of sp³-hybridized carbons (Fsp3) is 0.400. The molecule has 2 aromatic heterocycles. The number of nitrogens with zero attached hydrogens (tertiary/aromatic N) is 3. The molecule has 3 aromatic rings. The molecule has 1 N–H and O–H groups in total. The van der Waals surface area contributed by atoms with Gasteiger partial charge in [-0.2, -0.15) is 5.10 Å². The van der Waals surface area contributed by atoms with Crippen LogP contribution < -0.4 is 0 Å². The molecule has 130 valence electrons. The van der Waals surface area contributed by atoms with Crippen molar-refractivity contribution in [2.24, 2.45) is 7.05 Å². The highest BCUT2D eigenvalue weighted by atomic mass is 16.1. The molecule has 1 aliphatic heterocycles. The van der Waals surface area contributed by atoms with Gasteiger partial charge in [-0.05, 0) is 57.1 Å². The summed E-state index contributed by atoms with van der Waals surface area (Å²) in [7, 11) is 1.89. The van der Waals surface area contributed by atoms with Crippen LogP contribution in [0.25, 0.3) is 22.3 Å². The van der Waals surface area contributed by atoms with Crippen LogP contribution in [0.3, 0.4) is 0 Å². The van der Waals surface area contributed by atoms with Crippen molar-refractivity contribution in [1.29, 1.82) is 0 Å². The van der Waals surface area contributed by atoms with Gasteiger partial charge in [0.05, 0.1) is 11.4 Å². The molecule has 5 nitrogen and oxygen atoms in total. The summed E-state index contributed by atoms with van der Waals surface area (Å²) in [4.78, 5) is 18.3. The highest BCUT2D eigenvalue weighted by molar-refractivity contribution is 5.95. The summed E-state index contributed by atoms with van der Waals surface area (Å²) in [6.45, 7) is 3.39. The van der Waals surface area contributed by atoms with Gasteiger partial charge in [0, 0.05) is 24.4 Å². The molecule has 1 fully saturated rings. The third-order valence-corrected chi connectivity index (χ3v) is 5.05. The van der Waals surface area contributed by atoms with Gasteiger partial charge in [-0.3, -0.25) is 9.48 Å². The first-order valence-corrected chi connectivity index (χ1v) is 9.08. The number of hydrogen-bond donors (Lipinski definition) is 1. The predicted molar refractivity (Wildman–Crippen MR) is 99.7 cm³/mol. The van der Waals surface area contributed by atoms with Crippen LogP contribution in [0.15, 0.2) is 36.4 Å². The molecule has 1 saturated heterocycles. The Hall–Kier alpha value is -2.40. The van der Waals surface area contributed by atoms with Crippen molar-refractivity contribution in [3.63, 3.8) is 0 Å². The van der Waals surface area contributed by atoms with Gasteiger partial charge < -0.3 is 9.88 Å². The van der Waals surface area contributed by atoms with E-state index in [1.54, 1.807) is 4.68 Å². The Morgan fingerprint density at radius 2 is 2.00 bits per heavy atom. The molecule has 3 heterocycles. The van der Waals surface area contributed by atoms with Crippen molar-refractivity contribution >= 4 is 16.7 Å². The fourth-order valence-electron chi connectivity index (χ4n) is 3.66. The summed E-state index contributed by atoms with van der Waals surface area (Å²) < 4.78 is 1.79. The number of aryl methyl sites for hydroxylation is 1. The number of rotatable bonds is 6. The summed E-state index contributed by atoms with van der Waals surface area (Å²) >= 11 is 0. The lowest BCUT2D eigenvalue weighted by Gasteiger charge is -2.13. The summed E-state index contributed by atoms with van der Waals surface area (Å²) in [5.41, 5.74) is 3.60. The summed E-state index contributed by atoms with van der Waals surface area (Å²) in [5, 5.41) is 5.61. The van der Waals surface area contributed by atoms with E-state index in [2.05, 4.69) is 33.2 Å². The zero-order valence-electron chi connectivity index (χ0n) is 14.7. The summed E-state index contributed by atoms with van der Waals surface area (Å²) in [5.74, 6) is 0.136. The van der Waals surface area contributed by atoms with Crippen molar-refractivity contribution in [2.75, 3.05) is 19.6 Å². The van der Waals surface area contributed by atoms with Gasteiger partial charge >= 0.3 is 0 Å². The molecule has 0 bridgehead atoms. The molecule has 0 spiro atoms. The summed E-state index contributed by atoms with van der Waals surface area (Å²) in [6.07, 6.45) is 4.07. The SMILES string of the molecule is Cn1nc(C(=O)CCCN2CCCC2)cc1-c1cc2ccccc2[nH]1. The smallest absolute Gasteiger partial charge is 0.183 e. The van der Waals surface area contributed by atoms with Gasteiger partial charge in [-0.15, -0.1) is 0 Å². The van der Waals surface area contributed by atoms with E-state index in [-0.39, 0.29) is 5.78 Å². The maximum absolute atomic E-state index is 12.5. The normalized spacial score (nSPS) is 15.2. The van der Waals surface area contributed by atoms with Crippen molar-refractivity contribution in [1.82, 2.24) is 19.7 Å². The van der Waals surface area contributed by atoms with Crippen LogP contribution in [0.4, 0.5) is 0 Å². The molecule has 4 rings (SSSR count). The molecule has 1 aliphatic rings. The number of ketones is 1. The lowest BCUT2D eigenvalue weighted by molar-refractivity contribution is 0.0970. The van der Waals surface area contributed by atoms with E-state index in [9.17, 15) is 4.79 Å². The van der Waals surface area contributed by atoms with Crippen molar-refractivity contribution in [3.8, 4) is 11.4 Å². The van der Waals surface area contributed by atoms with Crippen LogP contribution in [0.2, 0.25) is 0 Å². The number of carbonyl (C=O) groups excluding carboxylic acids is 1. The number of H-pyrrole nitrogens is 1. The number of para-hydroxylation sites is 1. The second-order valence-corrected chi connectivity index (χ2v) is 6.88. The lowest BCUT2D eigenvalue weighted by Crippen LogP contribution is -2.21. The van der Waals surface area contributed by atoms with Gasteiger partial charge in [0.25, 0.3) is 0 Å². The van der Waals surface area contributed by atoms with E-state index in [1.807, 2.05) is 25.2 Å². The Morgan fingerprint density at radius 3 is 2.80 bits per heavy atom. The first-order chi connectivity index (χ1) is 12.2. The van der Waals surface area contributed by atoms with E-state index in [4.69, 9.17) is 0 Å². The quantitative estimate of drug-likeness (QED) is 0.699. The number of aromatic amines is 1. The zero-order valence-corrected chi connectivity index (χ0v) is 14.7. The van der Waals surface area contributed by atoms with E-state index < -0.39 is 0 Å². The molecule has 0 atom stereocenters. The van der Waals surface area contributed by atoms with Crippen molar-refractivity contribution < 1.29 is 4.79 Å². The van der Waals surface area contributed by atoms with Crippen LogP contribution in [0, 0.1) is 0 Å². The van der Waals surface area contributed by atoms with Crippen LogP contribution in [-0.2, 0) is 7.05 Å². The van der Waals surface area contributed by atoms with Gasteiger partial charge in [-0.1, -0.05) is 18.2 Å². The van der Waals surface area contributed by atoms with Gasteiger partial charge in [0.2, 0.25) is 0 Å². The summed E-state index contributed by atoms with van der Waals surface area (Å²) in [6, 6.07) is 12.2. The lowest BCUT2D eigenvalue weighted by atomic mass is 10.1. The first-order valence-electron chi connectivity index (χ1n) is 9.08. The zero-order chi connectivity index (χ0) is 17.2. The average molecular weight is 336 g/mol. The fourth-order valence-corrected chi connectivity index (χ4v) is 3.66. The standard InChI is InChI=1S/C20H24N4O/c1-23-19(17-13-15-7-2-3-8-16(15)21-17)14-18(22-23)20(25)9-6-12-24-10-4-5-11-24/h2-3,7-8,13-14,21H,4-6,9-12H2,1H3. The molecule has 0 unspecified atom stereocenters. The third kappa shape index (κ3) is 3.37. The van der Waals surface area contributed by atoms with Gasteiger partial charge in [0.1, 0.15) is 5.69 Å². The number of fused-ring (bicyclic) bond motifs is 1. The molecule has 0 amide bonds. The van der Waals surface area contributed by atoms with Crippen LogP contribution >= 0.6 is 0 Å². The Labute approximate surface area is 147 Å². The molecular weight excluding hydrogens is 312 g/mol. The second-order valence-electron chi connectivity index (χ2n) is 6.88. The number of benzene rings is 1. The first kappa shape index (κ1) is 16.1. The molecule has 0 saturated carbocycles. The maximum Gasteiger partial charge on any atom is 0.183 e. The number of carbonyl (C=O) groups is 1. The Bertz CT molecular complexity index is 853. The topological polar surface area (TPSA) is 53.9 Å². The third-order valence-electron chi connectivity index (χ3n) is 5.05. The van der Waals surface area contributed by atoms with Crippen LogP contribution in [0.1, 0.15) is 36.2 Å². The molecule has 25 heavy (non-hydrogen) atoms. The number of Topliss-reactive ketones (excluding diaryl/α,β-unsaturated/α-hetero) is 1. The van der Waals surface area contributed by atoms with Crippen molar-refractivity contribution in [2.45, 2.75) is 25.7 Å². The van der Waals surface area contributed by atoms with Gasteiger partial charge in [0.15, 0.2) is 5.78 Å². The highest BCUT2D eigenvalue weighted by Crippen LogP contribution is 2.24. The number of likely N-dealkylation sites (tertiary alicyclic amines) is 1. The van der Waals surface area contributed by atoms with Crippen LogP contribution in [-0.4, -0.2) is 45.1 Å². The van der Waals surface area contributed by atoms with E-state index in [1.165, 1.54) is 25.9 Å². The molecular formula is C20H24N4O. The minimum atomic E-state index is 0.136. The maximum atomic E-state index is 12.5. The van der Waals surface area contributed by atoms with E-state index in [0.717, 1.165) is 35.3 Å². The molecule has 1 aromatic carbocycles. The van der Waals surface area contributed by atoms with E-state index in [0.29, 0.717) is 12.1 Å². The number of nitrogens with one attached hydrogen (secondary N) is 1. The monoisotopic (exact) mass is 336 g/mol. The second kappa shape index (κ2) is 6.84. The number of hydrogen-bond acceptors (Lipinski definition) is 3. The minimum Gasteiger partial charge on any atom is -0.353 e. The van der Waals surface area contributed by atoms with Crippen LogP contribution in [0.5, 0.6) is 0 Å². The molecule has 5 heteroatoms. The Kier molecular flexibility index (Phi) is 4.40. The van der Waals surface area contributed by atoms with E-state index >= 15 is 0 Å². The Balaban J connectivity index is 1.46. The average Bonchev–Trinajstić information content (AvgIpc) is 3.33. The highest BCUT2D eigenvalue weighted by Gasteiger charge is 2.16.